The van der Waals surface area contributed by atoms with Gasteiger partial charge in [0.2, 0.25) is 0 Å². The highest BCUT2D eigenvalue weighted by Gasteiger charge is 2.41. The van der Waals surface area contributed by atoms with Gasteiger partial charge in [-0.3, -0.25) is 9.69 Å². The molecule has 134 valence electrons. The molecule has 27 heavy (non-hydrogen) atoms. The average Bonchev–Trinajstić information content (AvgIpc) is 2.95. The number of aliphatic hydroxyl groups excluding tert-OH is 1. The first-order valence-corrected chi connectivity index (χ1v) is 8.70. The van der Waals surface area contributed by atoms with Gasteiger partial charge < -0.3 is 5.11 Å². The zero-order valence-corrected chi connectivity index (χ0v) is 14.8. The molecule has 0 spiro atoms. The normalized spacial score (nSPS) is 16.9. The SMILES string of the molecule is Cc1ccc(C2=C(O)C(=O)N(c3ccc(F)cc3)[C@@H]2c2ccccc2)cc1. The zero-order valence-electron chi connectivity index (χ0n) is 14.8. The Morgan fingerprint density at radius 1 is 0.889 bits per heavy atom. The molecular weight excluding hydrogens is 341 g/mol. The Morgan fingerprint density at radius 2 is 1.52 bits per heavy atom. The Balaban J connectivity index is 1.89. The van der Waals surface area contributed by atoms with Gasteiger partial charge in [0.05, 0.1) is 6.04 Å². The molecule has 0 aliphatic carbocycles. The topological polar surface area (TPSA) is 40.5 Å². The van der Waals surface area contributed by atoms with Crippen molar-refractivity contribution in [1.82, 2.24) is 0 Å². The van der Waals surface area contributed by atoms with E-state index in [1.165, 1.54) is 17.0 Å². The largest absolute Gasteiger partial charge is 0.503 e. The van der Waals surface area contributed by atoms with Crippen LogP contribution < -0.4 is 4.90 Å². The Bertz CT molecular complexity index is 1010. The fourth-order valence-corrected chi connectivity index (χ4v) is 3.45. The summed E-state index contributed by atoms with van der Waals surface area (Å²) in [5.41, 5.74) is 3.83. The maximum absolute atomic E-state index is 13.4. The number of carbonyl (C=O) groups is 1. The van der Waals surface area contributed by atoms with E-state index in [-0.39, 0.29) is 11.6 Å². The van der Waals surface area contributed by atoms with Crippen LogP contribution in [0.3, 0.4) is 0 Å². The minimum atomic E-state index is -0.494. The molecule has 1 aliphatic heterocycles. The van der Waals surface area contributed by atoms with Crippen molar-refractivity contribution in [2.45, 2.75) is 13.0 Å². The summed E-state index contributed by atoms with van der Waals surface area (Å²) in [6, 6.07) is 22.4. The highest BCUT2D eigenvalue weighted by Crippen LogP contribution is 2.45. The fraction of sp³-hybridized carbons (Fsp3) is 0.0870. The molecule has 3 aromatic carbocycles. The summed E-state index contributed by atoms with van der Waals surface area (Å²) >= 11 is 0. The number of rotatable bonds is 3. The standard InChI is InChI=1S/C23H18FNO2/c1-15-7-9-16(10-8-15)20-21(17-5-3-2-4-6-17)25(23(27)22(20)26)19-13-11-18(24)12-14-19/h2-14,21,26H,1H3/t21-/m1/s1. The van der Waals surface area contributed by atoms with Gasteiger partial charge in [0.15, 0.2) is 5.76 Å². The fourth-order valence-electron chi connectivity index (χ4n) is 3.45. The van der Waals surface area contributed by atoms with Crippen LogP contribution in [0.15, 0.2) is 84.6 Å². The predicted octanol–water partition coefficient (Wildman–Crippen LogP) is 5.19. The summed E-state index contributed by atoms with van der Waals surface area (Å²) in [5, 5.41) is 10.7. The summed E-state index contributed by atoms with van der Waals surface area (Å²) in [6.45, 7) is 1.98. The Morgan fingerprint density at radius 3 is 2.15 bits per heavy atom. The van der Waals surface area contributed by atoms with E-state index in [9.17, 15) is 14.3 Å². The number of carbonyl (C=O) groups excluding carboxylic acids is 1. The summed E-state index contributed by atoms with van der Waals surface area (Å²) in [4.78, 5) is 14.5. The smallest absolute Gasteiger partial charge is 0.294 e. The van der Waals surface area contributed by atoms with E-state index in [2.05, 4.69) is 0 Å². The van der Waals surface area contributed by atoms with Gasteiger partial charge in [-0.25, -0.2) is 4.39 Å². The van der Waals surface area contributed by atoms with Gasteiger partial charge >= 0.3 is 0 Å². The molecule has 0 saturated carbocycles. The summed E-state index contributed by atoms with van der Waals surface area (Å²) in [6.07, 6.45) is 0. The van der Waals surface area contributed by atoms with E-state index in [0.29, 0.717) is 11.3 Å². The molecule has 0 aromatic heterocycles. The van der Waals surface area contributed by atoms with E-state index in [4.69, 9.17) is 0 Å². The Hall–Kier alpha value is -3.40. The lowest BCUT2D eigenvalue weighted by molar-refractivity contribution is -0.117. The third kappa shape index (κ3) is 2.99. The molecule has 3 aromatic rings. The van der Waals surface area contributed by atoms with Crippen molar-refractivity contribution in [2.24, 2.45) is 0 Å². The third-order valence-corrected chi connectivity index (χ3v) is 4.79. The number of halogens is 1. The zero-order chi connectivity index (χ0) is 19.0. The second-order valence-electron chi connectivity index (χ2n) is 6.59. The highest BCUT2D eigenvalue weighted by atomic mass is 19.1. The number of hydrogen-bond acceptors (Lipinski definition) is 2. The van der Waals surface area contributed by atoms with Gasteiger partial charge in [-0.1, -0.05) is 60.2 Å². The van der Waals surface area contributed by atoms with Crippen molar-refractivity contribution >= 4 is 17.2 Å². The molecule has 0 bridgehead atoms. The summed E-state index contributed by atoms with van der Waals surface area (Å²) in [7, 11) is 0. The number of nitrogens with zero attached hydrogens (tertiary/aromatic N) is 1. The van der Waals surface area contributed by atoms with Crippen LogP contribution in [0, 0.1) is 12.7 Å². The van der Waals surface area contributed by atoms with Crippen LogP contribution in [0.25, 0.3) is 5.57 Å². The Kier molecular flexibility index (Phi) is 4.24. The molecule has 1 amide bonds. The molecule has 0 unspecified atom stereocenters. The predicted molar refractivity (Wildman–Crippen MR) is 104 cm³/mol. The van der Waals surface area contributed by atoms with Crippen LogP contribution in [-0.2, 0) is 4.79 Å². The third-order valence-electron chi connectivity index (χ3n) is 4.79. The van der Waals surface area contributed by atoms with Gasteiger partial charge in [-0.15, -0.1) is 0 Å². The van der Waals surface area contributed by atoms with Crippen molar-refractivity contribution in [3.63, 3.8) is 0 Å². The molecule has 0 fully saturated rings. The molecule has 1 aliphatic rings. The van der Waals surface area contributed by atoms with Crippen molar-refractivity contribution in [1.29, 1.82) is 0 Å². The molecular formula is C23H18FNO2. The summed E-state index contributed by atoms with van der Waals surface area (Å²) in [5.74, 6) is -1.15. The van der Waals surface area contributed by atoms with E-state index in [1.807, 2.05) is 61.5 Å². The van der Waals surface area contributed by atoms with Gasteiger partial charge in [0, 0.05) is 11.3 Å². The van der Waals surface area contributed by atoms with Gasteiger partial charge in [0.25, 0.3) is 5.91 Å². The molecule has 1 atom stereocenters. The number of benzene rings is 3. The molecule has 4 heteroatoms. The van der Waals surface area contributed by atoms with Crippen LogP contribution in [0.4, 0.5) is 10.1 Å². The molecule has 0 radical (unpaired) electrons. The maximum atomic E-state index is 13.4. The van der Waals surface area contributed by atoms with Crippen LogP contribution in [0.1, 0.15) is 22.7 Å². The van der Waals surface area contributed by atoms with Crippen molar-refractivity contribution in [3.05, 3.63) is 107 Å². The first-order chi connectivity index (χ1) is 13.1. The van der Waals surface area contributed by atoms with E-state index < -0.39 is 11.9 Å². The molecule has 0 saturated heterocycles. The number of amides is 1. The van der Waals surface area contributed by atoms with Crippen LogP contribution in [-0.4, -0.2) is 11.0 Å². The quantitative estimate of drug-likeness (QED) is 0.699. The number of anilines is 1. The van der Waals surface area contributed by atoms with Crippen molar-refractivity contribution < 1.29 is 14.3 Å². The first kappa shape index (κ1) is 17.0. The summed E-state index contributed by atoms with van der Waals surface area (Å²) < 4.78 is 13.4. The maximum Gasteiger partial charge on any atom is 0.294 e. The van der Waals surface area contributed by atoms with Crippen LogP contribution in [0.5, 0.6) is 0 Å². The van der Waals surface area contributed by atoms with Crippen LogP contribution >= 0.6 is 0 Å². The van der Waals surface area contributed by atoms with Crippen molar-refractivity contribution in [2.75, 3.05) is 4.90 Å². The minimum Gasteiger partial charge on any atom is -0.503 e. The first-order valence-electron chi connectivity index (χ1n) is 8.70. The Labute approximate surface area is 157 Å². The number of aryl methyl sites for hydroxylation is 1. The second-order valence-corrected chi connectivity index (χ2v) is 6.59. The van der Waals surface area contributed by atoms with Crippen LogP contribution in [0.2, 0.25) is 0 Å². The lowest BCUT2D eigenvalue weighted by Gasteiger charge is -2.27. The van der Waals surface area contributed by atoms with E-state index in [1.54, 1.807) is 12.1 Å². The monoisotopic (exact) mass is 359 g/mol. The van der Waals surface area contributed by atoms with E-state index >= 15 is 0 Å². The molecule has 1 heterocycles. The number of hydrogen-bond donors (Lipinski definition) is 1. The number of aliphatic hydroxyl groups is 1. The van der Waals surface area contributed by atoms with Gasteiger partial charge in [0.1, 0.15) is 5.82 Å². The minimum absolute atomic E-state index is 0.281. The van der Waals surface area contributed by atoms with E-state index in [0.717, 1.165) is 16.7 Å². The molecule has 4 rings (SSSR count). The second kappa shape index (κ2) is 6.72. The van der Waals surface area contributed by atoms with Gasteiger partial charge in [-0.05, 0) is 42.3 Å². The van der Waals surface area contributed by atoms with Crippen molar-refractivity contribution in [3.8, 4) is 0 Å². The average molecular weight is 359 g/mol. The van der Waals surface area contributed by atoms with Gasteiger partial charge in [-0.2, -0.15) is 0 Å². The molecule has 1 N–H and O–H groups in total. The molecule has 3 nitrogen and oxygen atoms in total. The lowest BCUT2D eigenvalue weighted by atomic mass is 9.93. The highest BCUT2D eigenvalue weighted by molar-refractivity contribution is 6.15. The lowest BCUT2D eigenvalue weighted by Crippen LogP contribution is -2.30.